The van der Waals surface area contributed by atoms with Crippen molar-refractivity contribution in [3.05, 3.63) is 64.7 Å². The van der Waals surface area contributed by atoms with E-state index in [2.05, 4.69) is 0 Å². The number of sulfone groups is 1. The molecular weight excluding hydrogens is 398 g/mol. The second-order valence-electron chi connectivity index (χ2n) is 7.39. The molecule has 152 valence electrons. The number of benzene rings is 2. The van der Waals surface area contributed by atoms with E-state index in [1.165, 1.54) is 0 Å². The van der Waals surface area contributed by atoms with Gasteiger partial charge in [-0.15, -0.1) is 0 Å². The summed E-state index contributed by atoms with van der Waals surface area (Å²) in [6.45, 7) is 3.05. The van der Waals surface area contributed by atoms with Crippen LogP contribution in [0.5, 0.6) is 5.75 Å². The van der Waals surface area contributed by atoms with Gasteiger partial charge in [-0.1, -0.05) is 41.4 Å². The first-order chi connectivity index (χ1) is 13.3. The molecule has 1 saturated heterocycles. The van der Waals surface area contributed by atoms with Crippen LogP contribution in [0.2, 0.25) is 5.02 Å². The third-order valence-corrected chi connectivity index (χ3v) is 6.93. The Morgan fingerprint density at radius 2 is 1.86 bits per heavy atom. The number of aliphatic hydroxyl groups excluding tert-OH is 1. The van der Waals surface area contributed by atoms with Gasteiger partial charge in [0, 0.05) is 24.2 Å². The van der Waals surface area contributed by atoms with Crippen LogP contribution in [0.25, 0.3) is 0 Å². The van der Waals surface area contributed by atoms with Gasteiger partial charge in [0.25, 0.3) is 0 Å². The van der Waals surface area contributed by atoms with Crippen LogP contribution in [0.4, 0.5) is 0 Å². The summed E-state index contributed by atoms with van der Waals surface area (Å²) in [5.41, 5.74) is 2.17. The van der Waals surface area contributed by atoms with Crippen molar-refractivity contribution < 1.29 is 18.3 Å². The first-order valence-corrected chi connectivity index (χ1v) is 11.6. The van der Waals surface area contributed by atoms with Gasteiger partial charge in [-0.05, 0) is 43.2 Å². The van der Waals surface area contributed by atoms with Crippen LogP contribution in [0.3, 0.4) is 0 Å². The maximum atomic E-state index is 11.9. The van der Waals surface area contributed by atoms with Crippen molar-refractivity contribution in [1.82, 2.24) is 4.90 Å². The first-order valence-electron chi connectivity index (χ1n) is 9.37. The van der Waals surface area contributed by atoms with E-state index in [4.69, 9.17) is 16.3 Å². The van der Waals surface area contributed by atoms with Crippen LogP contribution in [-0.2, 0) is 16.4 Å². The van der Waals surface area contributed by atoms with Crippen molar-refractivity contribution in [3.8, 4) is 5.75 Å². The highest BCUT2D eigenvalue weighted by molar-refractivity contribution is 7.91. The second kappa shape index (κ2) is 9.27. The lowest BCUT2D eigenvalue weighted by Crippen LogP contribution is -2.42. The van der Waals surface area contributed by atoms with Crippen molar-refractivity contribution >= 4 is 21.4 Å². The third-order valence-electron chi connectivity index (χ3n) is 4.93. The van der Waals surface area contributed by atoms with Crippen molar-refractivity contribution in [2.75, 3.05) is 24.7 Å². The van der Waals surface area contributed by atoms with Gasteiger partial charge >= 0.3 is 0 Å². The molecule has 0 spiro atoms. The predicted molar refractivity (Wildman–Crippen MR) is 112 cm³/mol. The molecule has 2 unspecified atom stereocenters. The van der Waals surface area contributed by atoms with Crippen LogP contribution in [0, 0.1) is 6.92 Å². The second-order valence-corrected chi connectivity index (χ2v) is 10.1. The molecule has 1 fully saturated rings. The normalized spacial score (nSPS) is 19.6. The van der Waals surface area contributed by atoms with Gasteiger partial charge in [0.05, 0.1) is 11.5 Å². The molecule has 0 bridgehead atoms. The summed E-state index contributed by atoms with van der Waals surface area (Å²) >= 11 is 5.96. The topological polar surface area (TPSA) is 66.8 Å². The fraction of sp³-hybridized carbons (Fsp3) is 0.429. The highest BCUT2D eigenvalue weighted by atomic mass is 35.5. The molecule has 1 heterocycles. The van der Waals surface area contributed by atoms with E-state index in [1.807, 2.05) is 60.4 Å². The Kier molecular flexibility index (Phi) is 6.99. The molecule has 0 aliphatic carbocycles. The predicted octanol–water partition coefficient (Wildman–Crippen LogP) is 3.08. The minimum Gasteiger partial charge on any atom is -0.491 e. The largest absolute Gasteiger partial charge is 0.491 e. The molecule has 2 aromatic carbocycles. The Morgan fingerprint density at radius 3 is 2.46 bits per heavy atom. The van der Waals surface area contributed by atoms with Crippen LogP contribution in [0.15, 0.2) is 48.5 Å². The summed E-state index contributed by atoms with van der Waals surface area (Å²) in [6.07, 6.45) is -0.140. The number of aliphatic hydroxyl groups is 1. The Hall–Kier alpha value is -1.60. The summed E-state index contributed by atoms with van der Waals surface area (Å²) in [5, 5.41) is 11.2. The maximum absolute atomic E-state index is 11.9. The van der Waals surface area contributed by atoms with Gasteiger partial charge in [0.15, 0.2) is 9.84 Å². The number of hydrogen-bond donors (Lipinski definition) is 1. The number of nitrogens with zero attached hydrogens (tertiary/aromatic N) is 1. The zero-order chi connectivity index (χ0) is 20.1. The average Bonchev–Trinajstić information content (AvgIpc) is 3.02. The lowest BCUT2D eigenvalue weighted by molar-refractivity contribution is 0.0525. The Bertz CT molecular complexity index is 868. The monoisotopic (exact) mass is 423 g/mol. The molecule has 1 aliphatic heterocycles. The fourth-order valence-corrected chi connectivity index (χ4v) is 5.27. The van der Waals surface area contributed by atoms with E-state index < -0.39 is 15.9 Å². The van der Waals surface area contributed by atoms with E-state index in [-0.39, 0.29) is 24.2 Å². The summed E-state index contributed by atoms with van der Waals surface area (Å²) in [6, 6.07) is 15.0. The van der Waals surface area contributed by atoms with Gasteiger partial charge in [-0.25, -0.2) is 8.42 Å². The van der Waals surface area contributed by atoms with Crippen molar-refractivity contribution in [2.24, 2.45) is 0 Å². The molecule has 5 nitrogen and oxygen atoms in total. The van der Waals surface area contributed by atoms with E-state index in [0.717, 1.165) is 11.1 Å². The summed E-state index contributed by atoms with van der Waals surface area (Å²) in [4.78, 5) is 2.04. The molecule has 1 N–H and O–H groups in total. The molecule has 0 amide bonds. The molecule has 2 atom stereocenters. The van der Waals surface area contributed by atoms with Gasteiger partial charge < -0.3 is 9.84 Å². The SMILES string of the molecule is Cc1ccc(OCC(O)CN(Cc2ccc(Cl)cc2)C2CCS(=O)(=O)C2)cc1. The Balaban J connectivity index is 1.63. The quantitative estimate of drug-likeness (QED) is 0.706. The van der Waals surface area contributed by atoms with Crippen molar-refractivity contribution in [1.29, 1.82) is 0 Å². The number of aryl methyl sites for hydroxylation is 1. The maximum Gasteiger partial charge on any atom is 0.151 e. The molecule has 1 aliphatic rings. The fourth-order valence-electron chi connectivity index (χ4n) is 3.38. The number of ether oxygens (including phenoxy) is 1. The Labute approximate surface area is 171 Å². The number of rotatable bonds is 8. The molecule has 2 aromatic rings. The highest BCUT2D eigenvalue weighted by Gasteiger charge is 2.33. The highest BCUT2D eigenvalue weighted by Crippen LogP contribution is 2.21. The molecule has 0 radical (unpaired) electrons. The summed E-state index contributed by atoms with van der Waals surface area (Å²) < 4.78 is 29.6. The minimum absolute atomic E-state index is 0.102. The molecular formula is C21H26ClNO4S. The van der Waals surface area contributed by atoms with Crippen molar-refractivity contribution in [3.63, 3.8) is 0 Å². The average molecular weight is 424 g/mol. The lowest BCUT2D eigenvalue weighted by atomic mass is 10.1. The number of hydrogen-bond acceptors (Lipinski definition) is 5. The molecule has 7 heteroatoms. The minimum atomic E-state index is -3.01. The summed E-state index contributed by atoms with van der Waals surface area (Å²) in [5.74, 6) is 1.04. The molecule has 0 saturated carbocycles. The van der Waals surface area contributed by atoms with Crippen LogP contribution < -0.4 is 4.74 Å². The van der Waals surface area contributed by atoms with Gasteiger partial charge in [0.2, 0.25) is 0 Å². The zero-order valence-electron chi connectivity index (χ0n) is 15.9. The molecule has 28 heavy (non-hydrogen) atoms. The van der Waals surface area contributed by atoms with Crippen LogP contribution in [0.1, 0.15) is 17.5 Å². The smallest absolute Gasteiger partial charge is 0.151 e. The first kappa shape index (κ1) is 21.1. The van der Waals surface area contributed by atoms with Gasteiger partial charge in [-0.3, -0.25) is 4.90 Å². The van der Waals surface area contributed by atoms with E-state index in [1.54, 1.807) is 0 Å². The van der Waals surface area contributed by atoms with Crippen LogP contribution in [-0.4, -0.2) is 55.2 Å². The molecule has 3 rings (SSSR count). The number of halogens is 1. The Morgan fingerprint density at radius 1 is 1.18 bits per heavy atom. The van der Waals surface area contributed by atoms with Gasteiger partial charge in [0.1, 0.15) is 18.5 Å². The molecule has 0 aromatic heterocycles. The van der Waals surface area contributed by atoms with E-state index in [9.17, 15) is 13.5 Å². The van der Waals surface area contributed by atoms with E-state index >= 15 is 0 Å². The lowest BCUT2D eigenvalue weighted by Gasteiger charge is -2.30. The zero-order valence-corrected chi connectivity index (χ0v) is 17.5. The summed E-state index contributed by atoms with van der Waals surface area (Å²) in [7, 11) is -3.01. The van der Waals surface area contributed by atoms with Gasteiger partial charge in [-0.2, -0.15) is 0 Å². The van der Waals surface area contributed by atoms with Crippen molar-refractivity contribution in [2.45, 2.75) is 32.0 Å². The third kappa shape index (κ3) is 6.21. The van der Waals surface area contributed by atoms with Crippen LogP contribution >= 0.6 is 11.6 Å². The standard InChI is InChI=1S/C21H26ClNO4S/c1-16-2-8-21(9-3-16)27-14-20(24)13-23(19-10-11-28(25,26)15-19)12-17-4-6-18(22)7-5-17/h2-9,19-20,24H,10-15H2,1H3. The van der Waals surface area contributed by atoms with E-state index in [0.29, 0.717) is 30.3 Å².